The highest BCUT2D eigenvalue weighted by Crippen LogP contribution is 2.39. The van der Waals surface area contributed by atoms with Crippen molar-refractivity contribution in [2.24, 2.45) is 0 Å². The fourth-order valence-corrected chi connectivity index (χ4v) is 5.51. The van der Waals surface area contributed by atoms with E-state index in [9.17, 15) is 9.59 Å². The molecule has 3 aromatic rings. The third-order valence-corrected chi connectivity index (χ3v) is 7.54. The van der Waals surface area contributed by atoms with E-state index >= 15 is 0 Å². The fraction of sp³-hybridized carbons (Fsp3) is 0.423. The minimum Gasteiger partial charge on any atom is -0.491 e. The molecule has 2 saturated heterocycles. The Morgan fingerprint density at radius 2 is 2.13 bits per heavy atom. The fourth-order valence-electron chi connectivity index (χ4n) is 4.96. The summed E-state index contributed by atoms with van der Waals surface area (Å²) in [6.45, 7) is 6.32. The zero-order valence-electron chi connectivity index (χ0n) is 21.6. The maximum Gasteiger partial charge on any atom is 0.329 e. The van der Waals surface area contributed by atoms with Crippen LogP contribution in [0.1, 0.15) is 35.8 Å². The van der Waals surface area contributed by atoms with Crippen molar-refractivity contribution in [1.82, 2.24) is 20.3 Å². The Kier molecular flexibility index (Phi) is 6.79. The zero-order chi connectivity index (χ0) is 27.0. The lowest BCUT2D eigenvalue weighted by atomic mass is 10.1. The number of amides is 3. The van der Waals surface area contributed by atoms with Crippen LogP contribution < -0.4 is 25.2 Å². The molecule has 2 bridgehead atoms. The molecule has 0 aromatic carbocycles. The van der Waals surface area contributed by atoms with Gasteiger partial charge in [-0.15, -0.1) is 11.3 Å². The number of carbonyl (C=O) groups excluding carboxylic acids is 2. The van der Waals surface area contributed by atoms with Gasteiger partial charge in [0.25, 0.3) is 5.91 Å². The van der Waals surface area contributed by atoms with Gasteiger partial charge in [0.1, 0.15) is 35.0 Å². The summed E-state index contributed by atoms with van der Waals surface area (Å²) < 4.78 is 17.2. The van der Waals surface area contributed by atoms with Crippen molar-refractivity contribution < 1.29 is 23.8 Å². The van der Waals surface area contributed by atoms with Gasteiger partial charge in [-0.25, -0.2) is 19.7 Å². The predicted molar refractivity (Wildman–Crippen MR) is 144 cm³/mol. The smallest absolute Gasteiger partial charge is 0.329 e. The first-order valence-corrected chi connectivity index (χ1v) is 13.7. The molecule has 6 heterocycles. The van der Waals surface area contributed by atoms with E-state index in [0.29, 0.717) is 43.7 Å². The highest BCUT2D eigenvalue weighted by molar-refractivity contribution is 7.09. The van der Waals surface area contributed by atoms with Crippen molar-refractivity contribution in [3.05, 3.63) is 52.7 Å². The highest BCUT2D eigenvalue weighted by atomic mass is 32.1. The van der Waals surface area contributed by atoms with E-state index in [0.717, 1.165) is 23.7 Å². The van der Waals surface area contributed by atoms with Crippen LogP contribution in [0.15, 0.2) is 42.0 Å². The van der Waals surface area contributed by atoms with Gasteiger partial charge >= 0.3 is 6.03 Å². The minimum atomic E-state index is -0.623. The standard InChI is InChI=1S/C26H29N7O5S/c1-26(2)37-15-18(38-26)14-36-17-5-7-27-21(11-17)31-25(35)33-16-6-9-32(13-16)20-4-3-19(30-23(20)33)24(34)29-12-22-28-8-10-39-22/h3-5,7-8,10-11,16,18H,6,9,12-15H2,1-2H3,(H,29,34)(H,27,31,35)/t16-,18?/m0/s1. The first kappa shape index (κ1) is 25.5. The number of hydrogen-bond acceptors (Lipinski definition) is 10. The van der Waals surface area contributed by atoms with Gasteiger partial charge in [0.05, 0.1) is 24.9 Å². The number of anilines is 3. The van der Waals surface area contributed by atoms with Gasteiger partial charge in [-0.2, -0.15) is 0 Å². The molecule has 3 amide bonds. The summed E-state index contributed by atoms with van der Waals surface area (Å²) >= 11 is 1.47. The quantitative estimate of drug-likeness (QED) is 0.455. The van der Waals surface area contributed by atoms with E-state index in [1.807, 2.05) is 25.3 Å². The Labute approximate surface area is 229 Å². The number of nitrogens with one attached hydrogen (secondary N) is 2. The average molecular weight is 552 g/mol. The Morgan fingerprint density at radius 1 is 1.23 bits per heavy atom. The number of rotatable bonds is 7. The first-order valence-electron chi connectivity index (χ1n) is 12.8. The van der Waals surface area contributed by atoms with E-state index in [2.05, 4.69) is 30.5 Å². The van der Waals surface area contributed by atoms with Crippen LogP contribution in [0.2, 0.25) is 0 Å². The number of carbonyl (C=O) groups is 2. The van der Waals surface area contributed by atoms with Crippen molar-refractivity contribution >= 4 is 40.6 Å². The molecule has 3 aromatic heterocycles. The molecule has 2 atom stereocenters. The molecule has 12 nitrogen and oxygen atoms in total. The number of nitrogens with zero attached hydrogens (tertiary/aromatic N) is 5. The molecule has 0 aliphatic carbocycles. The van der Waals surface area contributed by atoms with Crippen molar-refractivity contribution in [3.8, 4) is 5.75 Å². The van der Waals surface area contributed by atoms with Gasteiger partial charge in [-0.3, -0.25) is 15.0 Å². The summed E-state index contributed by atoms with van der Waals surface area (Å²) in [5.74, 6) is 0.407. The Hall–Kier alpha value is -3.81. The third kappa shape index (κ3) is 5.51. The second kappa shape index (κ2) is 10.4. The Balaban J connectivity index is 1.16. The number of fused-ring (bicyclic) bond motifs is 4. The Morgan fingerprint density at radius 3 is 2.92 bits per heavy atom. The van der Waals surface area contributed by atoms with Crippen molar-refractivity contribution in [3.63, 3.8) is 0 Å². The van der Waals surface area contributed by atoms with Gasteiger partial charge in [0.2, 0.25) is 0 Å². The summed E-state index contributed by atoms with van der Waals surface area (Å²) in [7, 11) is 0. The van der Waals surface area contributed by atoms with Crippen LogP contribution in [0.3, 0.4) is 0 Å². The van der Waals surface area contributed by atoms with Gasteiger partial charge in [-0.1, -0.05) is 0 Å². The van der Waals surface area contributed by atoms with Gasteiger partial charge in [0, 0.05) is 36.9 Å². The van der Waals surface area contributed by atoms with Crippen LogP contribution >= 0.6 is 11.3 Å². The lowest BCUT2D eigenvalue weighted by molar-refractivity contribution is -0.141. The van der Waals surface area contributed by atoms with Gasteiger partial charge in [0.15, 0.2) is 11.6 Å². The van der Waals surface area contributed by atoms with Crippen LogP contribution in [-0.2, 0) is 16.0 Å². The number of pyridine rings is 2. The number of thiazole rings is 1. The van der Waals surface area contributed by atoms with Crippen molar-refractivity contribution in [2.45, 2.75) is 44.7 Å². The summed E-state index contributed by atoms with van der Waals surface area (Å²) in [6, 6.07) is 6.49. The Bertz CT molecular complexity index is 1370. The molecule has 0 radical (unpaired) electrons. The van der Waals surface area contributed by atoms with Gasteiger partial charge in [-0.05, 0) is 38.5 Å². The molecule has 2 N–H and O–H groups in total. The molecular formula is C26H29N7O5S. The number of hydrogen-bond donors (Lipinski definition) is 2. The molecule has 0 spiro atoms. The topological polar surface area (TPSA) is 131 Å². The van der Waals surface area contributed by atoms with Crippen molar-refractivity contribution in [1.29, 1.82) is 0 Å². The monoisotopic (exact) mass is 551 g/mol. The normalized spacial score (nSPS) is 21.0. The van der Waals surface area contributed by atoms with Crippen LogP contribution in [0.5, 0.6) is 5.75 Å². The van der Waals surface area contributed by atoms with Crippen LogP contribution in [0, 0.1) is 0 Å². The number of urea groups is 1. The van der Waals surface area contributed by atoms with Crippen molar-refractivity contribution in [2.75, 3.05) is 41.4 Å². The molecule has 3 aliphatic heterocycles. The van der Waals surface area contributed by atoms with Gasteiger partial charge < -0.3 is 24.4 Å². The summed E-state index contributed by atoms with van der Waals surface area (Å²) in [4.78, 5) is 43.3. The maximum absolute atomic E-state index is 13.6. The minimum absolute atomic E-state index is 0.0686. The molecule has 3 aliphatic rings. The lowest BCUT2D eigenvalue weighted by Crippen LogP contribution is -2.48. The summed E-state index contributed by atoms with van der Waals surface area (Å²) in [5, 5.41) is 8.39. The average Bonchev–Trinajstić information content (AvgIpc) is 3.67. The molecule has 39 heavy (non-hydrogen) atoms. The first-order chi connectivity index (χ1) is 18.8. The van der Waals surface area contributed by atoms with Crippen LogP contribution in [0.4, 0.5) is 22.1 Å². The lowest BCUT2D eigenvalue weighted by Gasteiger charge is -2.35. The van der Waals surface area contributed by atoms with E-state index < -0.39 is 5.79 Å². The molecule has 0 saturated carbocycles. The van der Waals surface area contributed by atoms with E-state index in [1.165, 1.54) is 11.3 Å². The maximum atomic E-state index is 13.6. The van der Waals surface area contributed by atoms with E-state index in [1.54, 1.807) is 35.5 Å². The van der Waals surface area contributed by atoms with E-state index in [4.69, 9.17) is 14.2 Å². The molecule has 1 unspecified atom stereocenters. The predicted octanol–water partition coefficient (Wildman–Crippen LogP) is 3.02. The molecule has 6 rings (SSSR count). The summed E-state index contributed by atoms with van der Waals surface area (Å²) in [6.07, 6.45) is 3.89. The molecule has 13 heteroatoms. The molecular weight excluding hydrogens is 522 g/mol. The number of aromatic nitrogens is 3. The second-order valence-electron chi connectivity index (χ2n) is 9.97. The SMILES string of the molecule is CC1(C)OCC(COc2ccnc(NC(=O)N3c4nc(C(=O)NCc5nccs5)ccc4N4CC[C@H]3C4)c2)O1. The van der Waals surface area contributed by atoms with E-state index in [-0.39, 0.29) is 29.8 Å². The molecule has 2 fully saturated rings. The zero-order valence-corrected chi connectivity index (χ0v) is 22.4. The van der Waals surface area contributed by atoms with Crippen LogP contribution in [-0.4, -0.2) is 71.1 Å². The summed E-state index contributed by atoms with van der Waals surface area (Å²) in [5.41, 5.74) is 1.06. The second-order valence-corrected chi connectivity index (χ2v) is 11.0. The largest absolute Gasteiger partial charge is 0.491 e. The number of ether oxygens (including phenoxy) is 3. The molecule has 204 valence electrons. The highest BCUT2D eigenvalue weighted by Gasteiger charge is 2.40. The third-order valence-electron chi connectivity index (χ3n) is 6.76. The van der Waals surface area contributed by atoms with Crippen LogP contribution in [0.25, 0.3) is 0 Å².